The molecule has 0 aliphatic heterocycles. The quantitative estimate of drug-likeness (QED) is 0.104. The Bertz CT molecular complexity index is 2360. The number of aromatic nitrogens is 1. The molecule has 1 heterocycles. The predicted octanol–water partition coefficient (Wildman–Crippen LogP) is 11.0. The summed E-state index contributed by atoms with van der Waals surface area (Å²) in [6.07, 6.45) is 6.51. The number of aryl methyl sites for hydroxylation is 1. The van der Waals surface area contributed by atoms with Crippen molar-refractivity contribution >= 4 is 38.1 Å². The van der Waals surface area contributed by atoms with Gasteiger partial charge in [0.15, 0.2) is 0 Å². The van der Waals surface area contributed by atoms with Crippen molar-refractivity contribution in [3.05, 3.63) is 173 Å². The number of anilines is 3. The van der Waals surface area contributed by atoms with Crippen molar-refractivity contribution in [2.24, 2.45) is 0 Å². The van der Waals surface area contributed by atoms with E-state index < -0.39 is 10.1 Å². The van der Waals surface area contributed by atoms with Crippen LogP contribution < -0.4 is 9.80 Å². The minimum atomic E-state index is -4.44. The Hall–Kier alpha value is -5.50. The second kappa shape index (κ2) is 14.6. The molecule has 262 valence electrons. The van der Waals surface area contributed by atoms with Gasteiger partial charge in [0.2, 0.25) is 0 Å². The van der Waals surface area contributed by atoms with E-state index in [2.05, 4.69) is 140 Å². The minimum Gasteiger partial charge on any atom is -0.345 e. The number of aromatic amines is 1. The maximum Gasteiger partial charge on any atom is 0.295 e. The maximum absolute atomic E-state index is 12.4. The van der Waals surface area contributed by atoms with E-state index in [1.165, 1.54) is 22.9 Å². The first-order valence-electron chi connectivity index (χ1n) is 17.9. The Kier molecular flexibility index (Phi) is 9.82. The zero-order valence-electron chi connectivity index (χ0n) is 30.1. The van der Waals surface area contributed by atoms with E-state index in [1.54, 1.807) is 12.1 Å². The molecule has 0 radical (unpaired) electrons. The zero-order valence-corrected chi connectivity index (χ0v) is 30.9. The van der Waals surface area contributed by atoms with Gasteiger partial charge in [-0.25, -0.2) is 0 Å². The van der Waals surface area contributed by atoms with Gasteiger partial charge in [-0.05, 0) is 138 Å². The zero-order chi connectivity index (χ0) is 36.4. The third kappa shape index (κ3) is 7.02. The van der Waals surface area contributed by atoms with Crippen molar-refractivity contribution in [3.8, 4) is 11.3 Å². The van der Waals surface area contributed by atoms with E-state index in [9.17, 15) is 13.0 Å². The highest BCUT2D eigenvalue weighted by Gasteiger charge is 2.32. The molecule has 7 rings (SSSR count). The summed E-state index contributed by atoms with van der Waals surface area (Å²) >= 11 is 0. The molecule has 0 amide bonds. The van der Waals surface area contributed by atoms with Gasteiger partial charge in [-0.1, -0.05) is 47.5 Å². The summed E-state index contributed by atoms with van der Waals surface area (Å²) in [6, 6.07) is 40.7. The van der Waals surface area contributed by atoms with Crippen LogP contribution in [0.15, 0.2) is 150 Å². The first-order chi connectivity index (χ1) is 25.1. The largest absolute Gasteiger partial charge is 0.345 e. The molecule has 0 spiro atoms. The number of allylic oxidation sites excluding steroid dienone is 4. The fraction of sp³-hybridized carbons (Fsp3) is 0.178. The van der Waals surface area contributed by atoms with E-state index >= 15 is 0 Å². The molecule has 7 heteroatoms. The Balaban J connectivity index is 1.41. The molecule has 2 N–H and O–H groups in total. The third-order valence-corrected chi connectivity index (χ3v) is 10.8. The average Bonchev–Trinajstić information content (AvgIpc) is 3.53. The van der Waals surface area contributed by atoms with Crippen molar-refractivity contribution in [2.75, 3.05) is 22.9 Å². The van der Waals surface area contributed by atoms with Crippen LogP contribution in [0.1, 0.15) is 55.9 Å². The molecule has 0 unspecified atom stereocenters. The first-order valence-corrected chi connectivity index (χ1v) is 19.3. The molecule has 1 aliphatic rings. The van der Waals surface area contributed by atoms with Crippen LogP contribution >= 0.6 is 0 Å². The summed E-state index contributed by atoms with van der Waals surface area (Å²) in [7, 11) is -4.44. The molecular formula is C45H44N3O3S+. The van der Waals surface area contributed by atoms with Gasteiger partial charge < -0.3 is 14.8 Å². The molecule has 5 aromatic carbocycles. The van der Waals surface area contributed by atoms with Crippen molar-refractivity contribution in [3.63, 3.8) is 0 Å². The van der Waals surface area contributed by atoms with Crippen LogP contribution in [0.5, 0.6) is 0 Å². The lowest BCUT2D eigenvalue weighted by atomic mass is 9.82. The van der Waals surface area contributed by atoms with Crippen LogP contribution in [-0.2, 0) is 10.1 Å². The lowest BCUT2D eigenvalue weighted by Gasteiger charge is -2.28. The summed E-state index contributed by atoms with van der Waals surface area (Å²) in [5, 5.41) is 0.705. The van der Waals surface area contributed by atoms with Crippen LogP contribution in [0.3, 0.4) is 0 Å². The maximum atomic E-state index is 12.4. The molecule has 0 fully saturated rings. The fourth-order valence-corrected chi connectivity index (χ4v) is 7.74. The van der Waals surface area contributed by atoms with Crippen LogP contribution in [0.25, 0.3) is 22.2 Å². The van der Waals surface area contributed by atoms with Gasteiger partial charge in [0.25, 0.3) is 10.1 Å². The third-order valence-electron chi connectivity index (χ3n) is 9.98. The van der Waals surface area contributed by atoms with E-state index in [0.29, 0.717) is 5.39 Å². The fourth-order valence-electron chi connectivity index (χ4n) is 7.23. The second-order valence-electron chi connectivity index (χ2n) is 13.4. The van der Waals surface area contributed by atoms with E-state index in [-0.39, 0.29) is 4.90 Å². The normalized spacial score (nSPS) is 13.1. The summed E-state index contributed by atoms with van der Waals surface area (Å²) in [4.78, 5) is 8.11. The molecule has 1 aliphatic carbocycles. The summed E-state index contributed by atoms with van der Waals surface area (Å²) in [6.45, 7) is 10.3. The Labute approximate surface area is 307 Å². The van der Waals surface area contributed by atoms with Crippen LogP contribution in [0.2, 0.25) is 0 Å². The van der Waals surface area contributed by atoms with Gasteiger partial charge >= 0.3 is 0 Å². The Morgan fingerprint density at radius 2 is 1.27 bits per heavy atom. The second-order valence-corrected chi connectivity index (χ2v) is 14.8. The molecular weight excluding hydrogens is 663 g/mol. The lowest BCUT2D eigenvalue weighted by Crippen LogP contribution is -2.23. The van der Waals surface area contributed by atoms with Crippen LogP contribution in [0.4, 0.5) is 17.1 Å². The highest BCUT2D eigenvalue weighted by molar-refractivity contribution is 7.85. The average molecular weight is 707 g/mol. The summed E-state index contributed by atoms with van der Waals surface area (Å²) in [5.74, 6) is 0.951. The molecule has 0 saturated heterocycles. The van der Waals surface area contributed by atoms with Gasteiger partial charge in [-0.2, -0.15) is 8.42 Å². The number of nitrogens with one attached hydrogen (secondary N) is 1. The van der Waals surface area contributed by atoms with Crippen molar-refractivity contribution in [2.45, 2.75) is 45.4 Å². The van der Waals surface area contributed by atoms with E-state index in [4.69, 9.17) is 0 Å². The summed E-state index contributed by atoms with van der Waals surface area (Å²) < 4.78 is 35.0. The van der Waals surface area contributed by atoms with Gasteiger partial charge in [0.1, 0.15) is 10.6 Å². The molecule has 6 aromatic rings. The molecule has 0 atom stereocenters. The van der Waals surface area contributed by atoms with Crippen LogP contribution in [-0.4, -0.2) is 31.0 Å². The molecule has 6 nitrogen and oxygen atoms in total. The number of benzene rings is 5. The Morgan fingerprint density at radius 1 is 0.692 bits per heavy atom. The highest BCUT2D eigenvalue weighted by atomic mass is 32.2. The molecule has 0 bridgehead atoms. The van der Waals surface area contributed by atoms with Gasteiger partial charge in [-0.3, -0.25) is 4.55 Å². The van der Waals surface area contributed by atoms with Gasteiger partial charge in [-0.15, -0.1) is 0 Å². The van der Waals surface area contributed by atoms with E-state index in [1.807, 2.05) is 18.2 Å². The van der Waals surface area contributed by atoms with Gasteiger partial charge in [0.05, 0.1) is 44.9 Å². The topological polar surface area (TPSA) is 76.6 Å². The number of hydrogen-bond acceptors (Lipinski definition) is 4. The van der Waals surface area contributed by atoms with Crippen molar-refractivity contribution in [1.29, 1.82) is 0 Å². The standard InChI is InChI=1S/C45H43N3O3S/c1-5-47(36-20-12-31(3)13-21-36)38-24-16-33(17-25-38)43(34-18-26-39(27-19-34)48(6-2)37-22-14-32(4)15-23-37)44-41-30-40(52(49,50)51)28-29-42(41)46-45(44)35-10-8-7-9-11-35/h7-14,16-22,24-30,46H,5-6,15,23H2,1-4H3/p+1. The SMILES string of the molecule is CCN(C1=CC=C(C)CC1)c1ccc([C+](c2ccc(N(CC)c3ccc(C)cc3)cc2)c2c(-c3ccccc3)[nH]c3ccc(S(=O)(=O)O)cc23)cc1. The lowest BCUT2D eigenvalue weighted by molar-refractivity contribution is 0.483. The van der Waals surface area contributed by atoms with Crippen molar-refractivity contribution < 1.29 is 13.0 Å². The number of hydrogen-bond donors (Lipinski definition) is 2. The number of H-pyrrole nitrogens is 1. The van der Waals surface area contributed by atoms with Crippen LogP contribution in [0, 0.1) is 12.8 Å². The summed E-state index contributed by atoms with van der Waals surface area (Å²) in [5.41, 5.74) is 12.7. The van der Waals surface area contributed by atoms with Gasteiger partial charge in [0, 0.05) is 30.0 Å². The predicted molar refractivity (Wildman–Crippen MR) is 215 cm³/mol. The van der Waals surface area contributed by atoms with E-state index in [0.717, 1.165) is 82.4 Å². The molecule has 1 aromatic heterocycles. The molecule has 0 saturated carbocycles. The first kappa shape index (κ1) is 34.9. The number of nitrogens with zero attached hydrogens (tertiary/aromatic N) is 2. The Morgan fingerprint density at radius 3 is 1.81 bits per heavy atom. The smallest absolute Gasteiger partial charge is 0.295 e. The van der Waals surface area contributed by atoms with Crippen molar-refractivity contribution in [1.82, 2.24) is 4.98 Å². The highest BCUT2D eigenvalue weighted by Crippen LogP contribution is 2.43. The monoisotopic (exact) mass is 706 g/mol. The number of fused-ring (bicyclic) bond motifs is 1. The minimum absolute atomic E-state index is 0.148. The molecule has 52 heavy (non-hydrogen) atoms. The number of rotatable bonds is 11.